The van der Waals surface area contributed by atoms with Crippen LogP contribution in [0, 0.1) is 0 Å². The lowest BCUT2D eigenvalue weighted by atomic mass is 9.82. The summed E-state index contributed by atoms with van der Waals surface area (Å²) in [4.78, 5) is 12.1. The van der Waals surface area contributed by atoms with Crippen molar-refractivity contribution in [1.29, 1.82) is 0 Å². The van der Waals surface area contributed by atoms with Crippen molar-refractivity contribution < 1.29 is 9.90 Å². The molecule has 1 saturated carbocycles. The Labute approximate surface area is 120 Å². The molecule has 1 aliphatic heterocycles. The molecule has 3 N–H and O–H groups in total. The number of rotatable bonds is 5. The number of carbonyl (C=O) groups is 1. The summed E-state index contributed by atoms with van der Waals surface area (Å²) in [6, 6.07) is 0. The highest BCUT2D eigenvalue weighted by Gasteiger charge is 2.32. The van der Waals surface area contributed by atoms with Crippen molar-refractivity contribution in [3.63, 3.8) is 0 Å². The highest BCUT2D eigenvalue weighted by Crippen LogP contribution is 2.28. The summed E-state index contributed by atoms with van der Waals surface area (Å²) in [5.74, 6) is 0.631. The van der Waals surface area contributed by atoms with E-state index >= 15 is 0 Å². The number of piperidine rings is 1. The van der Waals surface area contributed by atoms with Gasteiger partial charge in [-0.1, -0.05) is 19.3 Å². The van der Waals surface area contributed by atoms with Crippen LogP contribution in [-0.4, -0.2) is 47.3 Å². The Balaban J connectivity index is 1.72. The molecule has 19 heavy (non-hydrogen) atoms. The number of aliphatic hydroxyl groups excluding tert-OH is 1. The van der Waals surface area contributed by atoms with Crippen LogP contribution in [0.15, 0.2) is 0 Å². The van der Waals surface area contributed by atoms with E-state index in [1.54, 1.807) is 11.8 Å². The lowest BCUT2D eigenvalue weighted by Crippen LogP contribution is -2.53. The third-order valence-corrected chi connectivity index (χ3v) is 5.63. The number of hydrogen-bond donors (Lipinski definition) is 3. The van der Waals surface area contributed by atoms with Crippen molar-refractivity contribution in [3.05, 3.63) is 0 Å². The van der Waals surface area contributed by atoms with E-state index in [2.05, 4.69) is 10.6 Å². The van der Waals surface area contributed by atoms with Gasteiger partial charge in [0.2, 0.25) is 5.91 Å². The molecule has 2 rings (SSSR count). The highest BCUT2D eigenvalue weighted by atomic mass is 32.2. The van der Waals surface area contributed by atoms with E-state index in [9.17, 15) is 9.90 Å². The Bertz CT molecular complexity index is 287. The summed E-state index contributed by atoms with van der Waals surface area (Å²) in [5.41, 5.74) is -0.329. The summed E-state index contributed by atoms with van der Waals surface area (Å²) in [5, 5.41) is 16.6. The van der Waals surface area contributed by atoms with E-state index < -0.39 is 0 Å². The molecule has 0 bridgehead atoms. The molecule has 0 unspecified atom stereocenters. The van der Waals surface area contributed by atoms with Crippen LogP contribution >= 0.6 is 11.8 Å². The maximum absolute atomic E-state index is 12.1. The van der Waals surface area contributed by atoms with Crippen LogP contribution in [0.5, 0.6) is 0 Å². The molecule has 4 nitrogen and oxygen atoms in total. The van der Waals surface area contributed by atoms with Crippen molar-refractivity contribution in [2.24, 2.45) is 0 Å². The van der Waals surface area contributed by atoms with Crippen LogP contribution in [-0.2, 0) is 4.79 Å². The van der Waals surface area contributed by atoms with Gasteiger partial charge >= 0.3 is 0 Å². The van der Waals surface area contributed by atoms with Crippen LogP contribution in [0.3, 0.4) is 0 Å². The lowest BCUT2D eigenvalue weighted by Gasteiger charge is -2.36. The zero-order valence-electron chi connectivity index (χ0n) is 11.6. The summed E-state index contributed by atoms with van der Waals surface area (Å²) in [7, 11) is 0. The quantitative estimate of drug-likeness (QED) is 0.712. The molecule has 110 valence electrons. The summed E-state index contributed by atoms with van der Waals surface area (Å²) >= 11 is 1.77. The SMILES string of the molecule is O=C(CSC1CCNCC1)NC1(CO)CCCCC1. The summed E-state index contributed by atoms with van der Waals surface area (Å²) < 4.78 is 0. The molecule has 0 radical (unpaired) electrons. The third-order valence-electron chi connectivity index (χ3n) is 4.25. The van der Waals surface area contributed by atoms with Crippen LogP contribution in [0.25, 0.3) is 0 Å². The molecule has 0 aromatic carbocycles. The van der Waals surface area contributed by atoms with Gasteiger partial charge in [-0.05, 0) is 38.8 Å². The zero-order chi connectivity index (χ0) is 13.6. The maximum Gasteiger partial charge on any atom is 0.230 e. The van der Waals surface area contributed by atoms with Gasteiger partial charge in [0.15, 0.2) is 0 Å². The highest BCUT2D eigenvalue weighted by molar-refractivity contribution is 8.00. The molecule has 5 heteroatoms. The number of thioether (sulfide) groups is 1. The molecule has 0 aromatic heterocycles. The average Bonchev–Trinajstić information content (AvgIpc) is 2.47. The minimum Gasteiger partial charge on any atom is -0.394 e. The number of amides is 1. The molecular formula is C14H26N2O2S. The Morgan fingerprint density at radius 3 is 2.58 bits per heavy atom. The molecule has 1 amide bonds. The molecular weight excluding hydrogens is 260 g/mol. The van der Waals surface area contributed by atoms with Gasteiger partial charge in [0.05, 0.1) is 17.9 Å². The summed E-state index contributed by atoms with van der Waals surface area (Å²) in [6.45, 7) is 2.22. The van der Waals surface area contributed by atoms with E-state index in [4.69, 9.17) is 0 Å². The van der Waals surface area contributed by atoms with Gasteiger partial charge in [-0.2, -0.15) is 0 Å². The molecule has 0 aromatic rings. The average molecular weight is 286 g/mol. The van der Waals surface area contributed by atoms with Crippen molar-refractivity contribution in [2.75, 3.05) is 25.4 Å². The van der Waals surface area contributed by atoms with Gasteiger partial charge in [0.25, 0.3) is 0 Å². The van der Waals surface area contributed by atoms with Gasteiger partial charge in [-0.25, -0.2) is 0 Å². The first-order valence-electron chi connectivity index (χ1n) is 7.48. The number of aliphatic hydroxyl groups is 1. The molecule has 2 fully saturated rings. The first kappa shape index (κ1) is 15.1. The van der Waals surface area contributed by atoms with Gasteiger partial charge in [0.1, 0.15) is 0 Å². The Kier molecular flexibility index (Phi) is 5.98. The standard InChI is InChI=1S/C14H26N2O2S/c17-11-14(6-2-1-3-7-14)16-13(18)10-19-12-4-8-15-9-5-12/h12,15,17H,1-11H2,(H,16,18). The molecule has 2 aliphatic rings. The first-order valence-corrected chi connectivity index (χ1v) is 8.53. The van der Waals surface area contributed by atoms with Gasteiger partial charge in [-0.15, -0.1) is 11.8 Å². The minimum absolute atomic E-state index is 0.0801. The predicted molar refractivity (Wildman–Crippen MR) is 79.4 cm³/mol. The fraction of sp³-hybridized carbons (Fsp3) is 0.929. The van der Waals surface area contributed by atoms with Gasteiger partial charge in [0, 0.05) is 5.25 Å². The fourth-order valence-corrected chi connectivity index (χ4v) is 4.07. The Morgan fingerprint density at radius 1 is 1.26 bits per heavy atom. The number of hydrogen-bond acceptors (Lipinski definition) is 4. The lowest BCUT2D eigenvalue weighted by molar-refractivity contribution is -0.121. The minimum atomic E-state index is -0.329. The van der Waals surface area contributed by atoms with Crippen molar-refractivity contribution in [2.45, 2.75) is 55.7 Å². The van der Waals surface area contributed by atoms with Crippen LogP contribution in [0.2, 0.25) is 0 Å². The van der Waals surface area contributed by atoms with Crippen LogP contribution in [0.4, 0.5) is 0 Å². The van der Waals surface area contributed by atoms with E-state index in [1.807, 2.05) is 0 Å². The van der Waals surface area contributed by atoms with Crippen molar-refractivity contribution in [3.8, 4) is 0 Å². The zero-order valence-corrected chi connectivity index (χ0v) is 12.4. The topological polar surface area (TPSA) is 61.4 Å². The Morgan fingerprint density at radius 2 is 1.95 bits per heavy atom. The maximum atomic E-state index is 12.1. The second-order valence-corrected chi connectivity index (χ2v) is 7.10. The van der Waals surface area contributed by atoms with E-state index in [-0.39, 0.29) is 18.1 Å². The first-order chi connectivity index (χ1) is 9.24. The summed E-state index contributed by atoms with van der Waals surface area (Å²) in [6.07, 6.45) is 7.61. The number of carbonyl (C=O) groups excluding carboxylic acids is 1. The second-order valence-electron chi connectivity index (χ2n) is 5.81. The van der Waals surface area contributed by atoms with Gasteiger partial charge in [-0.3, -0.25) is 4.79 Å². The third kappa shape index (κ3) is 4.65. The van der Waals surface area contributed by atoms with Crippen LogP contribution in [0.1, 0.15) is 44.9 Å². The number of nitrogens with one attached hydrogen (secondary N) is 2. The molecule has 0 atom stereocenters. The normalized spacial score (nSPS) is 24.1. The van der Waals surface area contributed by atoms with Crippen molar-refractivity contribution >= 4 is 17.7 Å². The Hall–Kier alpha value is -0.260. The van der Waals surface area contributed by atoms with Gasteiger partial charge < -0.3 is 15.7 Å². The van der Waals surface area contributed by atoms with E-state index in [0.29, 0.717) is 11.0 Å². The molecule has 0 spiro atoms. The second kappa shape index (κ2) is 7.50. The molecule has 1 aliphatic carbocycles. The van der Waals surface area contributed by atoms with E-state index in [0.717, 1.165) is 51.6 Å². The van der Waals surface area contributed by atoms with Crippen molar-refractivity contribution in [1.82, 2.24) is 10.6 Å². The van der Waals surface area contributed by atoms with Crippen LogP contribution < -0.4 is 10.6 Å². The monoisotopic (exact) mass is 286 g/mol. The predicted octanol–water partition coefficient (Wildman–Crippen LogP) is 1.28. The largest absolute Gasteiger partial charge is 0.394 e. The van der Waals surface area contributed by atoms with E-state index in [1.165, 1.54) is 6.42 Å². The fourth-order valence-electron chi connectivity index (χ4n) is 3.04. The smallest absolute Gasteiger partial charge is 0.230 e. The molecule has 1 saturated heterocycles. The molecule has 1 heterocycles.